The molecule has 0 saturated heterocycles. The average molecular weight is 942 g/mol. The van der Waals surface area contributed by atoms with Gasteiger partial charge in [-0.1, -0.05) is 256 Å². The van der Waals surface area contributed by atoms with Crippen molar-refractivity contribution < 1.29 is 28.6 Å². The molecule has 6 heteroatoms. The molecule has 0 rings (SSSR count). The molecule has 0 amide bonds. The molecule has 0 aliphatic heterocycles. The summed E-state index contributed by atoms with van der Waals surface area (Å²) in [6.07, 6.45) is 67.0. The van der Waals surface area contributed by atoms with Crippen LogP contribution in [-0.2, 0) is 28.6 Å². The van der Waals surface area contributed by atoms with Gasteiger partial charge in [0.2, 0.25) is 0 Å². The van der Waals surface area contributed by atoms with Crippen LogP contribution in [0, 0.1) is 0 Å². The largest absolute Gasteiger partial charge is 0.462 e. The number of carbonyl (C=O) groups is 3. The summed E-state index contributed by atoms with van der Waals surface area (Å²) in [6.45, 7) is 6.64. The highest BCUT2D eigenvalue weighted by Gasteiger charge is 2.19. The van der Waals surface area contributed by atoms with E-state index in [4.69, 9.17) is 14.2 Å². The van der Waals surface area contributed by atoms with Gasteiger partial charge in [0, 0.05) is 19.3 Å². The van der Waals surface area contributed by atoms with E-state index < -0.39 is 6.10 Å². The highest BCUT2D eigenvalue weighted by Crippen LogP contribution is 2.16. The van der Waals surface area contributed by atoms with Crippen molar-refractivity contribution in [1.29, 1.82) is 0 Å². The Labute approximate surface area is 416 Å². The Hall–Kier alpha value is -2.37. The van der Waals surface area contributed by atoms with E-state index in [0.717, 1.165) is 77.0 Å². The normalized spacial score (nSPS) is 12.2. The van der Waals surface area contributed by atoms with Gasteiger partial charge in [-0.2, -0.15) is 0 Å². The molecule has 1 atom stereocenters. The molecule has 0 heterocycles. The molecule has 0 aliphatic rings. The van der Waals surface area contributed by atoms with Crippen LogP contribution in [0.25, 0.3) is 0 Å². The standard InChI is InChI=1S/C61H112O6/c1-4-7-10-13-16-19-22-25-28-30-33-36-39-42-45-48-51-54-60(63)66-57-58(56-65-59(62)53-50-47-44-41-38-35-32-27-24-21-18-15-12-9-6-3)67-61(64)55-52-49-46-43-40-37-34-31-29-26-23-20-17-14-11-8-5-2/h18,21,25,27-28,32,58H,4-17,19-20,22-24,26,29-31,33-57H2,1-3H3/b21-18+,28-25+,32-27+/t58-/m1/s1. The minimum Gasteiger partial charge on any atom is -0.462 e. The summed E-state index contributed by atoms with van der Waals surface area (Å²) in [5, 5.41) is 0. The van der Waals surface area contributed by atoms with Gasteiger partial charge in [0.1, 0.15) is 13.2 Å². The summed E-state index contributed by atoms with van der Waals surface area (Å²) in [6, 6.07) is 0. The van der Waals surface area contributed by atoms with Gasteiger partial charge in [-0.05, 0) is 77.0 Å². The third-order valence-electron chi connectivity index (χ3n) is 13.1. The summed E-state index contributed by atoms with van der Waals surface area (Å²) < 4.78 is 16.9. The summed E-state index contributed by atoms with van der Waals surface area (Å²) in [7, 11) is 0. The summed E-state index contributed by atoms with van der Waals surface area (Å²) >= 11 is 0. The van der Waals surface area contributed by atoms with Gasteiger partial charge in [-0.15, -0.1) is 0 Å². The number of hydrogen-bond donors (Lipinski definition) is 0. The lowest BCUT2D eigenvalue weighted by Crippen LogP contribution is -2.30. The maximum Gasteiger partial charge on any atom is 0.306 e. The first-order chi connectivity index (χ1) is 33.0. The molecule has 0 aliphatic carbocycles. The lowest BCUT2D eigenvalue weighted by Gasteiger charge is -2.18. The molecule has 0 saturated carbocycles. The van der Waals surface area contributed by atoms with Crippen molar-refractivity contribution in [3.8, 4) is 0 Å². The van der Waals surface area contributed by atoms with Crippen molar-refractivity contribution in [2.75, 3.05) is 13.2 Å². The quantitative estimate of drug-likeness (QED) is 0.0262. The number of esters is 3. The van der Waals surface area contributed by atoms with Gasteiger partial charge >= 0.3 is 17.9 Å². The Bertz CT molecular complexity index is 1130. The Kier molecular flexibility index (Phi) is 54.2. The Morgan fingerprint density at radius 3 is 0.866 bits per heavy atom. The van der Waals surface area contributed by atoms with Crippen LogP contribution in [0.4, 0.5) is 0 Å². The SMILES string of the molecule is CCCCC/C=C/C/C=C/CCCCCCCC(=O)OC[C@H](COC(=O)CCCCCCCCC/C=C/CCCCCCCC)OC(=O)CCCCCCCCCCCCCCCCCCC. The average Bonchev–Trinajstić information content (AvgIpc) is 3.33. The minimum absolute atomic E-state index is 0.0754. The summed E-state index contributed by atoms with van der Waals surface area (Å²) in [5.41, 5.74) is 0. The Balaban J connectivity index is 4.36. The molecular formula is C61H112O6. The van der Waals surface area contributed by atoms with E-state index in [1.807, 2.05) is 0 Å². The van der Waals surface area contributed by atoms with Gasteiger partial charge in [-0.25, -0.2) is 0 Å². The summed E-state index contributed by atoms with van der Waals surface area (Å²) in [5.74, 6) is -0.874. The van der Waals surface area contributed by atoms with E-state index >= 15 is 0 Å². The Morgan fingerprint density at radius 2 is 0.537 bits per heavy atom. The number of hydrogen-bond acceptors (Lipinski definition) is 6. The molecule has 0 bridgehead atoms. The van der Waals surface area contributed by atoms with E-state index in [9.17, 15) is 14.4 Å². The highest BCUT2D eigenvalue weighted by atomic mass is 16.6. The van der Waals surface area contributed by atoms with E-state index in [0.29, 0.717) is 19.3 Å². The fourth-order valence-electron chi connectivity index (χ4n) is 8.65. The molecule has 0 spiro atoms. The number of rotatable bonds is 54. The zero-order valence-corrected chi connectivity index (χ0v) is 44.9. The topological polar surface area (TPSA) is 78.9 Å². The van der Waals surface area contributed by atoms with Crippen LogP contribution < -0.4 is 0 Å². The molecule has 0 fully saturated rings. The lowest BCUT2D eigenvalue weighted by molar-refractivity contribution is -0.167. The first-order valence-corrected chi connectivity index (χ1v) is 29.5. The maximum atomic E-state index is 12.9. The monoisotopic (exact) mass is 941 g/mol. The van der Waals surface area contributed by atoms with Crippen LogP contribution in [0.2, 0.25) is 0 Å². The predicted octanol–water partition coefficient (Wildman–Crippen LogP) is 19.7. The minimum atomic E-state index is -0.777. The van der Waals surface area contributed by atoms with Crippen molar-refractivity contribution in [2.24, 2.45) is 0 Å². The van der Waals surface area contributed by atoms with E-state index in [1.165, 1.54) is 199 Å². The van der Waals surface area contributed by atoms with E-state index in [2.05, 4.69) is 57.2 Å². The predicted molar refractivity (Wildman–Crippen MR) is 289 cm³/mol. The molecule has 392 valence electrons. The zero-order valence-electron chi connectivity index (χ0n) is 44.9. The van der Waals surface area contributed by atoms with Crippen LogP contribution >= 0.6 is 0 Å². The fourth-order valence-corrected chi connectivity index (χ4v) is 8.65. The van der Waals surface area contributed by atoms with Crippen molar-refractivity contribution in [3.05, 3.63) is 36.5 Å². The smallest absolute Gasteiger partial charge is 0.306 e. The number of ether oxygens (including phenoxy) is 3. The molecule has 0 aromatic carbocycles. The molecular weight excluding hydrogens is 829 g/mol. The van der Waals surface area contributed by atoms with E-state index in [1.54, 1.807) is 0 Å². The van der Waals surface area contributed by atoms with Gasteiger partial charge in [0.15, 0.2) is 6.10 Å². The number of allylic oxidation sites excluding steroid dienone is 6. The number of carbonyl (C=O) groups excluding carboxylic acids is 3. The lowest BCUT2D eigenvalue weighted by atomic mass is 10.0. The van der Waals surface area contributed by atoms with Crippen LogP contribution in [0.15, 0.2) is 36.5 Å². The maximum absolute atomic E-state index is 12.9. The van der Waals surface area contributed by atoms with Crippen molar-refractivity contribution in [1.82, 2.24) is 0 Å². The van der Waals surface area contributed by atoms with Gasteiger partial charge in [0.25, 0.3) is 0 Å². The second-order valence-corrected chi connectivity index (χ2v) is 19.9. The first-order valence-electron chi connectivity index (χ1n) is 29.5. The molecule has 6 nitrogen and oxygen atoms in total. The molecule has 0 aromatic heterocycles. The second-order valence-electron chi connectivity index (χ2n) is 19.9. The first kappa shape index (κ1) is 64.6. The van der Waals surface area contributed by atoms with Crippen LogP contribution in [0.5, 0.6) is 0 Å². The number of unbranched alkanes of at least 4 members (excludes halogenated alkanes) is 37. The zero-order chi connectivity index (χ0) is 48.6. The molecule has 0 aromatic rings. The van der Waals surface area contributed by atoms with E-state index in [-0.39, 0.29) is 31.1 Å². The Morgan fingerprint density at radius 1 is 0.299 bits per heavy atom. The van der Waals surface area contributed by atoms with Gasteiger partial charge in [0.05, 0.1) is 0 Å². The fraction of sp³-hybridized carbons (Fsp3) is 0.852. The third-order valence-corrected chi connectivity index (χ3v) is 13.1. The van der Waals surface area contributed by atoms with Crippen molar-refractivity contribution in [3.63, 3.8) is 0 Å². The second kappa shape index (κ2) is 56.2. The summed E-state index contributed by atoms with van der Waals surface area (Å²) in [4.78, 5) is 38.2. The van der Waals surface area contributed by atoms with Gasteiger partial charge in [-0.3, -0.25) is 14.4 Å². The third kappa shape index (κ3) is 54.4. The van der Waals surface area contributed by atoms with Crippen molar-refractivity contribution in [2.45, 2.75) is 322 Å². The van der Waals surface area contributed by atoms with Crippen LogP contribution in [-0.4, -0.2) is 37.2 Å². The molecule has 0 radical (unpaired) electrons. The molecule has 0 unspecified atom stereocenters. The van der Waals surface area contributed by atoms with Crippen LogP contribution in [0.3, 0.4) is 0 Å². The van der Waals surface area contributed by atoms with Crippen LogP contribution in [0.1, 0.15) is 316 Å². The molecule has 0 N–H and O–H groups in total. The van der Waals surface area contributed by atoms with Crippen molar-refractivity contribution >= 4 is 17.9 Å². The molecule has 67 heavy (non-hydrogen) atoms. The highest BCUT2D eigenvalue weighted by molar-refractivity contribution is 5.71. The van der Waals surface area contributed by atoms with Gasteiger partial charge < -0.3 is 14.2 Å².